The van der Waals surface area contributed by atoms with Crippen LogP contribution in [-0.2, 0) is 14.3 Å². The Morgan fingerprint density at radius 2 is 2.25 bits per heavy atom. The van der Waals surface area contributed by atoms with Gasteiger partial charge in [-0.2, -0.15) is 0 Å². The number of aldehydes is 1. The molecule has 0 aromatic rings. The van der Waals surface area contributed by atoms with Crippen LogP contribution in [0.5, 0.6) is 0 Å². The molecule has 1 rings (SSSR count). The highest BCUT2D eigenvalue weighted by Crippen LogP contribution is 2.47. The first-order chi connectivity index (χ1) is 5.72. The molecule has 0 bridgehead atoms. The van der Waals surface area contributed by atoms with Gasteiger partial charge in [-0.15, -0.1) is 0 Å². The van der Waals surface area contributed by atoms with Gasteiger partial charge in [-0.3, -0.25) is 4.79 Å². The quantitative estimate of drug-likeness (QED) is 0.461. The highest BCUT2D eigenvalue weighted by molar-refractivity contribution is 5.71. The standard InChI is InChI=1S/C9H14O3/c1-2-12-8(11)3-4-9(7-10)5-6-9/h7H,2-6H2,1H3. The minimum Gasteiger partial charge on any atom is -0.466 e. The van der Waals surface area contributed by atoms with Gasteiger partial charge in [0, 0.05) is 11.8 Å². The highest BCUT2D eigenvalue weighted by atomic mass is 16.5. The molecule has 0 atom stereocenters. The van der Waals surface area contributed by atoms with Crippen LogP contribution >= 0.6 is 0 Å². The average molecular weight is 170 g/mol. The van der Waals surface area contributed by atoms with Crippen molar-refractivity contribution in [1.29, 1.82) is 0 Å². The molecular formula is C9H14O3. The van der Waals surface area contributed by atoms with E-state index in [9.17, 15) is 9.59 Å². The Kier molecular flexibility index (Phi) is 2.84. The molecule has 0 aliphatic heterocycles. The maximum Gasteiger partial charge on any atom is 0.305 e. The van der Waals surface area contributed by atoms with Crippen LogP contribution in [0, 0.1) is 5.41 Å². The van der Waals surface area contributed by atoms with E-state index in [0.29, 0.717) is 19.4 Å². The van der Waals surface area contributed by atoms with Crippen LogP contribution in [0.25, 0.3) is 0 Å². The molecule has 0 spiro atoms. The van der Waals surface area contributed by atoms with E-state index in [4.69, 9.17) is 4.74 Å². The van der Waals surface area contributed by atoms with Crippen LogP contribution < -0.4 is 0 Å². The van der Waals surface area contributed by atoms with Crippen molar-refractivity contribution in [1.82, 2.24) is 0 Å². The first-order valence-corrected chi connectivity index (χ1v) is 4.34. The third-order valence-electron chi connectivity index (χ3n) is 2.27. The van der Waals surface area contributed by atoms with Crippen LogP contribution in [0.3, 0.4) is 0 Å². The molecule has 0 heterocycles. The van der Waals surface area contributed by atoms with Gasteiger partial charge in [0.2, 0.25) is 0 Å². The largest absolute Gasteiger partial charge is 0.466 e. The summed E-state index contributed by atoms with van der Waals surface area (Å²) in [5.41, 5.74) is -0.160. The lowest BCUT2D eigenvalue weighted by Crippen LogP contribution is -2.09. The Bertz CT molecular complexity index is 182. The van der Waals surface area contributed by atoms with Crippen molar-refractivity contribution in [3.63, 3.8) is 0 Å². The second-order valence-corrected chi connectivity index (χ2v) is 3.29. The lowest BCUT2D eigenvalue weighted by molar-refractivity contribution is -0.143. The van der Waals surface area contributed by atoms with Crippen molar-refractivity contribution in [2.75, 3.05) is 6.61 Å². The zero-order valence-electron chi connectivity index (χ0n) is 7.34. The van der Waals surface area contributed by atoms with Crippen molar-refractivity contribution in [3.05, 3.63) is 0 Å². The van der Waals surface area contributed by atoms with E-state index in [0.717, 1.165) is 19.1 Å². The van der Waals surface area contributed by atoms with Crippen LogP contribution in [0.1, 0.15) is 32.6 Å². The number of rotatable bonds is 5. The van der Waals surface area contributed by atoms with Gasteiger partial charge in [0.15, 0.2) is 0 Å². The number of hydrogen-bond acceptors (Lipinski definition) is 3. The van der Waals surface area contributed by atoms with Crippen molar-refractivity contribution in [3.8, 4) is 0 Å². The van der Waals surface area contributed by atoms with Gasteiger partial charge in [0.1, 0.15) is 6.29 Å². The summed E-state index contributed by atoms with van der Waals surface area (Å²) >= 11 is 0. The monoisotopic (exact) mass is 170 g/mol. The van der Waals surface area contributed by atoms with E-state index in [1.54, 1.807) is 6.92 Å². The van der Waals surface area contributed by atoms with Crippen molar-refractivity contribution < 1.29 is 14.3 Å². The normalized spacial score (nSPS) is 18.4. The van der Waals surface area contributed by atoms with Gasteiger partial charge < -0.3 is 9.53 Å². The maximum atomic E-state index is 10.9. The van der Waals surface area contributed by atoms with Gasteiger partial charge >= 0.3 is 5.97 Å². The molecule has 1 aliphatic rings. The van der Waals surface area contributed by atoms with E-state index >= 15 is 0 Å². The lowest BCUT2D eigenvalue weighted by Gasteiger charge is -2.05. The molecule has 1 saturated carbocycles. The Hall–Kier alpha value is -0.860. The molecule has 3 nitrogen and oxygen atoms in total. The van der Waals surface area contributed by atoms with Gasteiger partial charge in [0.05, 0.1) is 6.61 Å². The predicted molar refractivity (Wildman–Crippen MR) is 43.6 cm³/mol. The summed E-state index contributed by atoms with van der Waals surface area (Å²) in [6.45, 7) is 2.21. The van der Waals surface area contributed by atoms with E-state index < -0.39 is 0 Å². The molecule has 0 unspecified atom stereocenters. The molecule has 1 aliphatic carbocycles. The summed E-state index contributed by atoms with van der Waals surface area (Å²) in [4.78, 5) is 21.4. The van der Waals surface area contributed by atoms with E-state index in [-0.39, 0.29) is 11.4 Å². The molecule has 0 N–H and O–H groups in total. The fraction of sp³-hybridized carbons (Fsp3) is 0.778. The minimum atomic E-state index is -0.189. The molecule has 0 aromatic heterocycles. The minimum absolute atomic E-state index is 0.160. The molecule has 68 valence electrons. The lowest BCUT2D eigenvalue weighted by atomic mass is 10.0. The molecule has 0 radical (unpaired) electrons. The molecule has 3 heteroatoms. The molecule has 1 fully saturated rings. The Morgan fingerprint density at radius 1 is 1.58 bits per heavy atom. The number of hydrogen-bond donors (Lipinski definition) is 0. The molecule has 0 aromatic carbocycles. The number of esters is 1. The second kappa shape index (κ2) is 3.70. The molecule has 12 heavy (non-hydrogen) atoms. The van der Waals surface area contributed by atoms with Gasteiger partial charge in [-0.1, -0.05) is 0 Å². The van der Waals surface area contributed by atoms with E-state index in [1.807, 2.05) is 0 Å². The summed E-state index contributed by atoms with van der Waals surface area (Å²) < 4.78 is 4.75. The van der Waals surface area contributed by atoms with Crippen molar-refractivity contribution in [2.45, 2.75) is 32.6 Å². The fourth-order valence-corrected chi connectivity index (χ4v) is 1.17. The molecule has 0 amide bonds. The van der Waals surface area contributed by atoms with Crippen molar-refractivity contribution in [2.24, 2.45) is 5.41 Å². The number of ether oxygens (including phenoxy) is 1. The summed E-state index contributed by atoms with van der Waals surface area (Å²) in [5, 5.41) is 0. The van der Waals surface area contributed by atoms with Crippen molar-refractivity contribution >= 4 is 12.3 Å². The van der Waals surface area contributed by atoms with Crippen LogP contribution in [0.2, 0.25) is 0 Å². The fourth-order valence-electron chi connectivity index (χ4n) is 1.17. The average Bonchev–Trinajstić information content (AvgIpc) is 2.82. The maximum absolute atomic E-state index is 10.9. The summed E-state index contributed by atoms with van der Waals surface area (Å²) in [7, 11) is 0. The van der Waals surface area contributed by atoms with E-state index in [2.05, 4.69) is 0 Å². The molecular weight excluding hydrogens is 156 g/mol. The summed E-state index contributed by atoms with van der Waals surface area (Å²) in [6.07, 6.45) is 3.90. The first kappa shape index (κ1) is 9.23. The zero-order valence-corrected chi connectivity index (χ0v) is 7.34. The van der Waals surface area contributed by atoms with Crippen LogP contribution in [-0.4, -0.2) is 18.9 Å². The third kappa shape index (κ3) is 2.32. The van der Waals surface area contributed by atoms with E-state index in [1.165, 1.54) is 0 Å². The Morgan fingerprint density at radius 3 is 2.67 bits per heavy atom. The molecule has 0 saturated heterocycles. The smallest absolute Gasteiger partial charge is 0.305 e. The first-order valence-electron chi connectivity index (χ1n) is 4.34. The van der Waals surface area contributed by atoms with Crippen LogP contribution in [0.15, 0.2) is 0 Å². The predicted octanol–water partition coefficient (Wildman–Crippen LogP) is 1.31. The van der Waals surface area contributed by atoms with Gasteiger partial charge in [-0.05, 0) is 26.2 Å². The number of carbonyl (C=O) groups excluding carboxylic acids is 2. The van der Waals surface area contributed by atoms with Gasteiger partial charge in [-0.25, -0.2) is 0 Å². The second-order valence-electron chi connectivity index (χ2n) is 3.29. The third-order valence-corrected chi connectivity index (χ3v) is 2.27. The summed E-state index contributed by atoms with van der Waals surface area (Å²) in [5.74, 6) is -0.189. The SMILES string of the molecule is CCOC(=O)CCC1(C=O)CC1. The Labute approximate surface area is 72.1 Å². The topological polar surface area (TPSA) is 43.4 Å². The number of carbonyl (C=O) groups is 2. The highest BCUT2D eigenvalue weighted by Gasteiger charge is 2.42. The van der Waals surface area contributed by atoms with Gasteiger partial charge in [0.25, 0.3) is 0 Å². The van der Waals surface area contributed by atoms with Crippen LogP contribution in [0.4, 0.5) is 0 Å². The summed E-state index contributed by atoms with van der Waals surface area (Å²) in [6, 6.07) is 0. The zero-order chi connectivity index (χ0) is 9.03. The Balaban J connectivity index is 2.17.